The van der Waals surface area contributed by atoms with Crippen molar-refractivity contribution in [2.45, 2.75) is 19.9 Å². The number of aromatic nitrogens is 1. The fourth-order valence-electron chi connectivity index (χ4n) is 2.92. The third kappa shape index (κ3) is 2.50. The zero-order chi connectivity index (χ0) is 16.7. The van der Waals surface area contributed by atoms with E-state index in [1.807, 2.05) is 0 Å². The highest BCUT2D eigenvalue weighted by Gasteiger charge is 2.29. The molecular formula is C18H15FN2O3. The molecule has 1 aliphatic rings. The van der Waals surface area contributed by atoms with Gasteiger partial charge in [-0.2, -0.15) is 0 Å². The van der Waals surface area contributed by atoms with Gasteiger partial charge >= 0.3 is 0 Å². The van der Waals surface area contributed by atoms with Gasteiger partial charge in [-0.3, -0.25) is 4.79 Å². The number of hydrogen-bond acceptors (Lipinski definition) is 4. The molecule has 0 bridgehead atoms. The first-order chi connectivity index (χ1) is 11.6. The van der Waals surface area contributed by atoms with Gasteiger partial charge in [-0.15, -0.1) is 0 Å². The van der Waals surface area contributed by atoms with Crippen LogP contribution in [0.4, 0.5) is 4.39 Å². The number of carbonyl (C=O) groups excluding carboxylic acids is 1. The van der Waals surface area contributed by atoms with E-state index in [9.17, 15) is 9.18 Å². The van der Waals surface area contributed by atoms with Crippen LogP contribution in [-0.4, -0.2) is 22.5 Å². The molecule has 6 heteroatoms. The second-order valence-electron chi connectivity index (χ2n) is 5.83. The van der Waals surface area contributed by atoms with Gasteiger partial charge in [0.25, 0.3) is 5.91 Å². The van der Waals surface area contributed by atoms with Crippen molar-refractivity contribution >= 4 is 5.91 Å². The summed E-state index contributed by atoms with van der Waals surface area (Å²) in [6.07, 6.45) is 0.617. The van der Waals surface area contributed by atoms with Gasteiger partial charge in [-0.25, -0.2) is 4.39 Å². The normalized spacial score (nSPS) is 13.8. The van der Waals surface area contributed by atoms with Gasteiger partial charge in [0.05, 0.1) is 12.2 Å². The number of amides is 1. The Morgan fingerprint density at radius 2 is 2.00 bits per heavy atom. The molecule has 5 nitrogen and oxygen atoms in total. The number of fused-ring (bicyclic) bond motifs is 1. The predicted molar refractivity (Wildman–Crippen MR) is 83.8 cm³/mol. The topological polar surface area (TPSA) is 59.5 Å². The van der Waals surface area contributed by atoms with Crippen molar-refractivity contribution in [2.75, 3.05) is 6.54 Å². The average Bonchev–Trinajstić information content (AvgIpc) is 3.21. The number of benzene rings is 1. The van der Waals surface area contributed by atoms with E-state index >= 15 is 0 Å². The first-order valence-electron chi connectivity index (χ1n) is 7.71. The van der Waals surface area contributed by atoms with Crippen LogP contribution in [0.15, 0.2) is 45.3 Å². The minimum atomic E-state index is -0.308. The maximum absolute atomic E-state index is 13.1. The second-order valence-corrected chi connectivity index (χ2v) is 5.83. The quantitative estimate of drug-likeness (QED) is 0.722. The lowest BCUT2D eigenvalue weighted by molar-refractivity contribution is 0.0701. The third-order valence-electron chi connectivity index (χ3n) is 4.18. The lowest BCUT2D eigenvalue weighted by Crippen LogP contribution is -2.35. The Morgan fingerprint density at radius 3 is 2.71 bits per heavy atom. The number of hydrogen-bond donors (Lipinski definition) is 0. The molecule has 24 heavy (non-hydrogen) atoms. The van der Waals surface area contributed by atoms with Crippen LogP contribution < -0.4 is 0 Å². The van der Waals surface area contributed by atoms with Gasteiger partial charge in [0, 0.05) is 24.1 Å². The van der Waals surface area contributed by atoms with Gasteiger partial charge < -0.3 is 13.8 Å². The Labute approximate surface area is 137 Å². The molecule has 1 aromatic carbocycles. The minimum Gasteiger partial charge on any atom is -0.456 e. The summed E-state index contributed by atoms with van der Waals surface area (Å²) < 4.78 is 24.0. The Morgan fingerprint density at radius 1 is 1.21 bits per heavy atom. The first-order valence-corrected chi connectivity index (χ1v) is 7.71. The van der Waals surface area contributed by atoms with Crippen molar-refractivity contribution in [1.82, 2.24) is 10.1 Å². The van der Waals surface area contributed by atoms with Crippen LogP contribution in [0.1, 0.15) is 27.6 Å². The maximum Gasteiger partial charge on any atom is 0.289 e. The van der Waals surface area contributed by atoms with Crippen LogP contribution in [0.25, 0.3) is 11.3 Å². The van der Waals surface area contributed by atoms with Crippen molar-refractivity contribution in [3.8, 4) is 11.3 Å². The van der Waals surface area contributed by atoms with E-state index in [-0.39, 0.29) is 11.7 Å². The Balaban J connectivity index is 1.63. The Bertz CT molecular complexity index is 895. The second kappa shape index (κ2) is 5.63. The van der Waals surface area contributed by atoms with Gasteiger partial charge in [-0.1, -0.05) is 5.16 Å². The van der Waals surface area contributed by atoms with E-state index in [1.165, 1.54) is 12.1 Å². The lowest BCUT2D eigenvalue weighted by Gasteiger charge is -2.25. The largest absolute Gasteiger partial charge is 0.456 e. The Hall–Kier alpha value is -2.89. The van der Waals surface area contributed by atoms with Gasteiger partial charge in [0.2, 0.25) is 0 Å². The van der Waals surface area contributed by atoms with Crippen molar-refractivity contribution in [1.29, 1.82) is 0 Å². The number of nitrogens with zero attached hydrogens (tertiary/aromatic N) is 2. The maximum atomic E-state index is 13.1. The average molecular weight is 326 g/mol. The number of carbonyl (C=O) groups is 1. The van der Waals surface area contributed by atoms with E-state index in [4.69, 9.17) is 8.94 Å². The molecule has 122 valence electrons. The molecule has 0 atom stereocenters. The molecule has 0 spiro atoms. The standard InChI is InChI=1S/C18H15FN2O3/c1-11-2-7-16(23-11)18(22)21-9-8-15-14(10-21)17(24-20-15)12-3-5-13(19)6-4-12/h2-7H,8-10H2,1H3. The molecule has 1 amide bonds. The van der Waals surface area contributed by atoms with E-state index < -0.39 is 0 Å². The molecule has 0 saturated heterocycles. The SMILES string of the molecule is Cc1ccc(C(=O)N2CCc3noc(-c4ccc(F)cc4)c3C2)o1. The van der Waals surface area contributed by atoms with E-state index in [0.717, 1.165) is 16.8 Å². The van der Waals surface area contributed by atoms with Crippen molar-refractivity contribution < 1.29 is 18.1 Å². The molecule has 0 aliphatic carbocycles. The zero-order valence-electron chi connectivity index (χ0n) is 13.1. The highest BCUT2D eigenvalue weighted by molar-refractivity contribution is 5.91. The Kier molecular flexibility index (Phi) is 3.45. The molecule has 0 unspecified atom stereocenters. The van der Waals surface area contributed by atoms with E-state index in [0.29, 0.717) is 36.8 Å². The molecule has 0 N–H and O–H groups in total. The van der Waals surface area contributed by atoms with Crippen LogP contribution in [0.3, 0.4) is 0 Å². The molecule has 3 aromatic rings. The molecular weight excluding hydrogens is 311 g/mol. The van der Waals surface area contributed by atoms with Crippen molar-refractivity contribution in [3.63, 3.8) is 0 Å². The van der Waals surface area contributed by atoms with Crippen LogP contribution in [0.2, 0.25) is 0 Å². The van der Waals surface area contributed by atoms with Crippen LogP contribution in [0.5, 0.6) is 0 Å². The molecule has 2 aromatic heterocycles. The summed E-state index contributed by atoms with van der Waals surface area (Å²) in [5, 5.41) is 4.10. The smallest absolute Gasteiger partial charge is 0.289 e. The van der Waals surface area contributed by atoms with Crippen LogP contribution in [-0.2, 0) is 13.0 Å². The molecule has 3 heterocycles. The fourth-order valence-corrected chi connectivity index (χ4v) is 2.92. The zero-order valence-corrected chi connectivity index (χ0v) is 13.1. The van der Waals surface area contributed by atoms with E-state index in [2.05, 4.69) is 5.16 Å². The summed E-state index contributed by atoms with van der Waals surface area (Å²) >= 11 is 0. The van der Waals surface area contributed by atoms with Crippen molar-refractivity contribution in [2.24, 2.45) is 0 Å². The van der Waals surface area contributed by atoms with Gasteiger partial charge in [0.15, 0.2) is 11.5 Å². The molecule has 0 radical (unpaired) electrons. The summed E-state index contributed by atoms with van der Waals surface area (Å²) in [6.45, 7) is 2.75. The highest BCUT2D eigenvalue weighted by atomic mass is 19.1. The highest BCUT2D eigenvalue weighted by Crippen LogP contribution is 2.31. The van der Waals surface area contributed by atoms with Crippen LogP contribution >= 0.6 is 0 Å². The number of rotatable bonds is 2. The monoisotopic (exact) mass is 326 g/mol. The van der Waals surface area contributed by atoms with Gasteiger partial charge in [0.1, 0.15) is 11.6 Å². The molecule has 0 saturated carbocycles. The molecule has 1 aliphatic heterocycles. The third-order valence-corrected chi connectivity index (χ3v) is 4.18. The molecule has 0 fully saturated rings. The predicted octanol–water partition coefficient (Wildman–Crippen LogP) is 3.58. The number of aryl methyl sites for hydroxylation is 1. The van der Waals surface area contributed by atoms with Crippen LogP contribution in [0, 0.1) is 12.7 Å². The first kappa shape index (κ1) is 14.7. The summed E-state index contributed by atoms with van der Waals surface area (Å²) in [7, 11) is 0. The van der Waals surface area contributed by atoms with E-state index in [1.54, 1.807) is 36.1 Å². The summed E-state index contributed by atoms with van der Waals surface area (Å²) in [5.41, 5.74) is 2.45. The lowest BCUT2D eigenvalue weighted by atomic mass is 10.0. The minimum absolute atomic E-state index is 0.153. The molecule has 4 rings (SSSR count). The fraction of sp³-hybridized carbons (Fsp3) is 0.222. The van der Waals surface area contributed by atoms with Crippen molar-refractivity contribution in [3.05, 3.63) is 65.0 Å². The number of furan rings is 1. The number of halogens is 1. The summed E-state index contributed by atoms with van der Waals surface area (Å²) in [6, 6.07) is 9.50. The summed E-state index contributed by atoms with van der Waals surface area (Å²) in [4.78, 5) is 14.3. The summed E-state index contributed by atoms with van der Waals surface area (Å²) in [5.74, 6) is 1.15. The van der Waals surface area contributed by atoms with Gasteiger partial charge in [-0.05, 0) is 43.3 Å².